The third-order valence-corrected chi connectivity index (χ3v) is 3.82. The van der Waals surface area contributed by atoms with E-state index in [2.05, 4.69) is 23.7 Å². The van der Waals surface area contributed by atoms with Gasteiger partial charge >= 0.3 is 5.97 Å². The molecule has 2 rings (SSSR count). The lowest BCUT2D eigenvalue weighted by atomic mass is 9.82. The van der Waals surface area contributed by atoms with Crippen molar-refractivity contribution in [1.82, 2.24) is 9.88 Å². The molecular formula is C14H20N2O2. The standard InChI is InChI=1S/C14H20N2O2/c1-14(2)9-12(13(17)18)5-8-16(14)10-11-3-6-15-7-4-11/h3-4,6-7,12H,5,8-10H2,1-2H3,(H,17,18). The molecule has 0 amide bonds. The first-order valence-corrected chi connectivity index (χ1v) is 6.36. The van der Waals surface area contributed by atoms with Gasteiger partial charge in [-0.15, -0.1) is 0 Å². The fraction of sp³-hybridized carbons (Fsp3) is 0.571. The van der Waals surface area contributed by atoms with E-state index in [1.807, 2.05) is 12.1 Å². The predicted octanol–water partition coefficient (Wildman–Crippen LogP) is 2.16. The molecule has 4 heteroatoms. The smallest absolute Gasteiger partial charge is 0.306 e. The fourth-order valence-electron chi connectivity index (χ4n) is 2.66. The molecule has 1 atom stereocenters. The summed E-state index contributed by atoms with van der Waals surface area (Å²) in [5, 5.41) is 9.12. The number of piperidine rings is 1. The molecule has 18 heavy (non-hydrogen) atoms. The number of hydrogen-bond acceptors (Lipinski definition) is 3. The molecule has 0 aliphatic carbocycles. The SMILES string of the molecule is CC1(C)CC(C(=O)O)CCN1Cc1ccncc1. The minimum Gasteiger partial charge on any atom is -0.481 e. The van der Waals surface area contributed by atoms with Crippen LogP contribution in [0.4, 0.5) is 0 Å². The molecule has 98 valence electrons. The first-order valence-electron chi connectivity index (χ1n) is 6.36. The highest BCUT2D eigenvalue weighted by molar-refractivity contribution is 5.70. The molecule has 0 spiro atoms. The highest BCUT2D eigenvalue weighted by Crippen LogP contribution is 2.32. The van der Waals surface area contributed by atoms with Gasteiger partial charge in [-0.2, -0.15) is 0 Å². The Hall–Kier alpha value is -1.42. The predicted molar refractivity (Wildman–Crippen MR) is 69.1 cm³/mol. The van der Waals surface area contributed by atoms with Crippen LogP contribution in [0.2, 0.25) is 0 Å². The van der Waals surface area contributed by atoms with Gasteiger partial charge in [0.2, 0.25) is 0 Å². The number of hydrogen-bond donors (Lipinski definition) is 1. The van der Waals surface area contributed by atoms with Gasteiger partial charge in [-0.25, -0.2) is 0 Å². The van der Waals surface area contributed by atoms with E-state index in [1.165, 1.54) is 5.56 Å². The van der Waals surface area contributed by atoms with Crippen LogP contribution in [0, 0.1) is 5.92 Å². The quantitative estimate of drug-likeness (QED) is 0.890. The molecule has 1 aromatic rings. The molecule has 1 N–H and O–H groups in total. The number of nitrogens with zero attached hydrogens (tertiary/aromatic N) is 2. The van der Waals surface area contributed by atoms with Crippen molar-refractivity contribution in [3.63, 3.8) is 0 Å². The van der Waals surface area contributed by atoms with Crippen molar-refractivity contribution < 1.29 is 9.90 Å². The van der Waals surface area contributed by atoms with E-state index in [0.29, 0.717) is 6.42 Å². The van der Waals surface area contributed by atoms with Crippen molar-refractivity contribution in [2.75, 3.05) is 6.54 Å². The van der Waals surface area contributed by atoms with Gasteiger partial charge in [0.15, 0.2) is 0 Å². The van der Waals surface area contributed by atoms with Crippen LogP contribution in [0.1, 0.15) is 32.3 Å². The first kappa shape index (κ1) is 13.0. The fourth-order valence-corrected chi connectivity index (χ4v) is 2.66. The molecule has 0 saturated carbocycles. The number of carboxylic acid groups (broad SMARTS) is 1. The summed E-state index contributed by atoms with van der Waals surface area (Å²) in [6.07, 6.45) is 5.05. The Morgan fingerprint density at radius 2 is 2.17 bits per heavy atom. The van der Waals surface area contributed by atoms with Gasteiger partial charge in [0.05, 0.1) is 5.92 Å². The second-order valence-corrected chi connectivity index (χ2v) is 5.62. The molecule has 4 nitrogen and oxygen atoms in total. The average molecular weight is 248 g/mol. The van der Waals surface area contributed by atoms with Gasteiger partial charge in [0.1, 0.15) is 0 Å². The van der Waals surface area contributed by atoms with Crippen LogP contribution >= 0.6 is 0 Å². The molecule has 1 aliphatic heterocycles. The Morgan fingerprint density at radius 1 is 1.50 bits per heavy atom. The first-order chi connectivity index (χ1) is 8.49. The van der Waals surface area contributed by atoms with E-state index < -0.39 is 5.97 Å². The summed E-state index contributed by atoms with van der Waals surface area (Å²) in [6, 6.07) is 4.03. The van der Waals surface area contributed by atoms with Gasteiger partial charge in [-0.1, -0.05) is 0 Å². The van der Waals surface area contributed by atoms with Gasteiger partial charge in [0, 0.05) is 24.5 Å². The Bertz CT molecular complexity index is 417. The molecule has 1 saturated heterocycles. The minimum absolute atomic E-state index is 0.0649. The normalized spacial score (nSPS) is 23.8. The Labute approximate surface area is 108 Å². The monoisotopic (exact) mass is 248 g/mol. The van der Waals surface area contributed by atoms with Crippen LogP contribution in [0.5, 0.6) is 0 Å². The third-order valence-electron chi connectivity index (χ3n) is 3.82. The molecule has 2 heterocycles. The lowest BCUT2D eigenvalue weighted by molar-refractivity contribution is -0.145. The van der Waals surface area contributed by atoms with Crippen molar-refractivity contribution >= 4 is 5.97 Å². The maximum Gasteiger partial charge on any atom is 0.306 e. The highest BCUT2D eigenvalue weighted by Gasteiger charge is 2.37. The van der Waals surface area contributed by atoms with Crippen LogP contribution in [-0.2, 0) is 11.3 Å². The van der Waals surface area contributed by atoms with Gasteiger partial charge < -0.3 is 5.11 Å². The topological polar surface area (TPSA) is 53.4 Å². The van der Waals surface area contributed by atoms with E-state index in [1.54, 1.807) is 12.4 Å². The van der Waals surface area contributed by atoms with E-state index in [0.717, 1.165) is 19.5 Å². The second-order valence-electron chi connectivity index (χ2n) is 5.62. The Morgan fingerprint density at radius 3 is 2.72 bits per heavy atom. The van der Waals surface area contributed by atoms with E-state index in [-0.39, 0.29) is 11.5 Å². The molecule has 0 aromatic carbocycles. The van der Waals surface area contributed by atoms with Crippen LogP contribution in [0.25, 0.3) is 0 Å². The summed E-state index contributed by atoms with van der Waals surface area (Å²) in [6.45, 7) is 5.96. The van der Waals surface area contributed by atoms with Crippen molar-refractivity contribution in [1.29, 1.82) is 0 Å². The van der Waals surface area contributed by atoms with E-state index in [9.17, 15) is 4.79 Å². The summed E-state index contributed by atoms with van der Waals surface area (Å²) in [4.78, 5) is 17.5. The Kier molecular flexibility index (Phi) is 3.66. The van der Waals surface area contributed by atoms with Gasteiger partial charge in [0.25, 0.3) is 0 Å². The zero-order valence-corrected chi connectivity index (χ0v) is 11.0. The molecule has 1 aliphatic rings. The second kappa shape index (κ2) is 5.06. The number of rotatable bonds is 3. The summed E-state index contributed by atoms with van der Waals surface area (Å²) in [5.74, 6) is -0.861. The van der Waals surface area contributed by atoms with Gasteiger partial charge in [-0.05, 0) is 50.9 Å². The van der Waals surface area contributed by atoms with E-state index >= 15 is 0 Å². The lowest BCUT2D eigenvalue weighted by Gasteiger charge is -2.44. The van der Waals surface area contributed by atoms with Crippen LogP contribution in [0.3, 0.4) is 0 Å². The maximum absolute atomic E-state index is 11.1. The number of pyridine rings is 1. The minimum atomic E-state index is -0.661. The number of aliphatic carboxylic acids is 1. The van der Waals surface area contributed by atoms with Crippen LogP contribution in [-0.4, -0.2) is 33.0 Å². The largest absolute Gasteiger partial charge is 0.481 e. The van der Waals surface area contributed by atoms with Crippen molar-refractivity contribution in [2.24, 2.45) is 5.92 Å². The molecule has 0 bridgehead atoms. The maximum atomic E-state index is 11.1. The van der Waals surface area contributed by atoms with Gasteiger partial charge in [-0.3, -0.25) is 14.7 Å². The average Bonchev–Trinajstić information content (AvgIpc) is 2.32. The highest BCUT2D eigenvalue weighted by atomic mass is 16.4. The molecule has 0 radical (unpaired) electrons. The van der Waals surface area contributed by atoms with E-state index in [4.69, 9.17) is 5.11 Å². The zero-order valence-electron chi connectivity index (χ0n) is 11.0. The molecule has 1 aromatic heterocycles. The molecule has 1 unspecified atom stereocenters. The number of likely N-dealkylation sites (tertiary alicyclic amines) is 1. The van der Waals surface area contributed by atoms with Crippen molar-refractivity contribution in [3.05, 3.63) is 30.1 Å². The summed E-state index contributed by atoms with van der Waals surface area (Å²) in [5.41, 5.74) is 1.16. The number of carboxylic acids is 1. The molecular weight excluding hydrogens is 228 g/mol. The van der Waals surface area contributed by atoms with Crippen molar-refractivity contribution in [3.8, 4) is 0 Å². The third kappa shape index (κ3) is 2.88. The number of aromatic nitrogens is 1. The zero-order chi connectivity index (χ0) is 13.2. The van der Waals surface area contributed by atoms with Crippen molar-refractivity contribution in [2.45, 2.75) is 38.8 Å². The van der Waals surface area contributed by atoms with Crippen LogP contribution in [0.15, 0.2) is 24.5 Å². The summed E-state index contributed by atoms with van der Waals surface area (Å²) < 4.78 is 0. The number of carbonyl (C=O) groups is 1. The Balaban J connectivity index is 2.05. The molecule has 1 fully saturated rings. The summed E-state index contributed by atoms with van der Waals surface area (Å²) in [7, 11) is 0. The summed E-state index contributed by atoms with van der Waals surface area (Å²) >= 11 is 0. The lowest BCUT2D eigenvalue weighted by Crippen LogP contribution is -2.50. The van der Waals surface area contributed by atoms with Crippen LogP contribution < -0.4 is 0 Å².